The van der Waals surface area contributed by atoms with Crippen LogP contribution < -0.4 is 20.7 Å². The first-order chi connectivity index (χ1) is 18.1. The molecule has 5 rings (SSSR count). The summed E-state index contributed by atoms with van der Waals surface area (Å²) in [4.78, 5) is 29.6. The van der Waals surface area contributed by atoms with E-state index in [1.54, 1.807) is 0 Å². The highest BCUT2D eigenvalue weighted by molar-refractivity contribution is 6.01. The molecular weight excluding hydrogens is 464 g/mol. The van der Waals surface area contributed by atoms with E-state index in [0.717, 1.165) is 48.2 Å². The van der Waals surface area contributed by atoms with Crippen molar-refractivity contribution in [3.8, 4) is 5.75 Å². The largest absolute Gasteiger partial charge is 0.493 e. The number of carbonyl (C=O) groups is 2. The van der Waals surface area contributed by atoms with Crippen molar-refractivity contribution in [1.29, 1.82) is 0 Å². The minimum absolute atomic E-state index is 0.103. The normalized spacial score (nSPS) is 17.4. The summed E-state index contributed by atoms with van der Waals surface area (Å²) in [6, 6.07) is 17.6. The fourth-order valence-corrected chi connectivity index (χ4v) is 5.66. The predicted molar refractivity (Wildman–Crippen MR) is 147 cm³/mol. The first-order valence-electron chi connectivity index (χ1n) is 13.8. The van der Waals surface area contributed by atoms with Gasteiger partial charge in [0.15, 0.2) is 0 Å². The van der Waals surface area contributed by atoms with Gasteiger partial charge in [-0.3, -0.25) is 9.59 Å². The summed E-state index contributed by atoms with van der Waals surface area (Å²) in [5.41, 5.74) is 1.51. The number of rotatable bonds is 10. The van der Waals surface area contributed by atoms with Crippen molar-refractivity contribution in [3.05, 3.63) is 60.3 Å². The van der Waals surface area contributed by atoms with Gasteiger partial charge in [-0.1, -0.05) is 50.3 Å². The molecule has 2 aliphatic rings. The summed E-state index contributed by atoms with van der Waals surface area (Å²) >= 11 is 0. The third-order valence-corrected chi connectivity index (χ3v) is 7.82. The molecule has 0 aliphatic heterocycles. The Morgan fingerprint density at radius 2 is 1.68 bits per heavy atom. The first-order valence-corrected chi connectivity index (χ1v) is 13.8. The van der Waals surface area contributed by atoms with E-state index in [1.165, 1.54) is 25.7 Å². The van der Waals surface area contributed by atoms with Crippen LogP contribution >= 0.6 is 0 Å². The van der Waals surface area contributed by atoms with Gasteiger partial charge in [0.1, 0.15) is 17.0 Å². The van der Waals surface area contributed by atoms with Gasteiger partial charge in [0.2, 0.25) is 5.91 Å². The maximum absolute atomic E-state index is 13.3. The van der Waals surface area contributed by atoms with Crippen LogP contribution in [0.3, 0.4) is 0 Å². The van der Waals surface area contributed by atoms with Gasteiger partial charge >= 0.3 is 0 Å². The zero-order valence-corrected chi connectivity index (χ0v) is 21.5. The lowest BCUT2D eigenvalue weighted by atomic mass is 9.80. The smallest absolute Gasteiger partial charge is 0.268 e. The number of nitrogens with one attached hydrogen (secondary N) is 4. The number of benzene rings is 2. The quantitative estimate of drug-likeness (QED) is 0.279. The van der Waals surface area contributed by atoms with Gasteiger partial charge in [0.25, 0.3) is 5.91 Å². The van der Waals surface area contributed by atoms with E-state index >= 15 is 0 Å². The monoisotopic (exact) mass is 502 g/mol. The lowest BCUT2D eigenvalue weighted by molar-refractivity contribution is -0.128. The Morgan fingerprint density at radius 1 is 0.919 bits per heavy atom. The van der Waals surface area contributed by atoms with E-state index < -0.39 is 5.54 Å². The minimum atomic E-state index is -0.870. The number of aromatic nitrogens is 1. The number of H-pyrrole nitrogens is 1. The molecule has 2 aromatic carbocycles. The SMILES string of the molecule is O=C(NC1(C(=O)NCCNc2ccc(OCC3CCCC3)cc2)CCCCC1)c1cc2ccccc2[nH]1. The summed E-state index contributed by atoms with van der Waals surface area (Å²) in [5.74, 6) is 1.26. The maximum Gasteiger partial charge on any atom is 0.268 e. The van der Waals surface area contributed by atoms with Crippen molar-refractivity contribution < 1.29 is 14.3 Å². The minimum Gasteiger partial charge on any atom is -0.493 e. The van der Waals surface area contributed by atoms with Crippen molar-refractivity contribution in [2.45, 2.75) is 63.3 Å². The molecule has 2 fully saturated rings. The van der Waals surface area contributed by atoms with Crippen LogP contribution in [0.5, 0.6) is 5.75 Å². The highest BCUT2D eigenvalue weighted by atomic mass is 16.5. The van der Waals surface area contributed by atoms with Crippen molar-refractivity contribution in [3.63, 3.8) is 0 Å². The van der Waals surface area contributed by atoms with Crippen LogP contribution in [0, 0.1) is 5.92 Å². The lowest BCUT2D eigenvalue weighted by Gasteiger charge is -2.36. The zero-order valence-electron chi connectivity index (χ0n) is 21.5. The van der Waals surface area contributed by atoms with Crippen molar-refractivity contribution in [2.75, 3.05) is 25.0 Å². The second-order valence-corrected chi connectivity index (χ2v) is 10.5. The topological polar surface area (TPSA) is 95.2 Å². The second-order valence-electron chi connectivity index (χ2n) is 10.5. The number of anilines is 1. The standard InChI is InChI=1S/C30H38N4O3/c35-28(27-20-23-10-4-5-11-26(23)33-27)34-30(16-6-1-7-17-30)29(36)32-19-18-31-24-12-14-25(15-13-24)37-21-22-8-2-3-9-22/h4-5,10-15,20,22,31,33H,1-3,6-9,16-19,21H2,(H,32,36)(H,34,35). The molecule has 2 aliphatic carbocycles. The van der Waals surface area contributed by atoms with Crippen molar-refractivity contribution in [2.24, 2.45) is 5.92 Å². The number of fused-ring (bicyclic) bond motifs is 1. The summed E-state index contributed by atoms with van der Waals surface area (Å²) in [7, 11) is 0. The molecule has 0 unspecified atom stereocenters. The Balaban J connectivity index is 1.11. The van der Waals surface area contributed by atoms with Crippen LogP contribution in [-0.4, -0.2) is 42.0 Å². The molecule has 7 nitrogen and oxygen atoms in total. The molecule has 0 spiro atoms. The number of aromatic amines is 1. The second kappa shape index (κ2) is 11.7. The average molecular weight is 503 g/mol. The molecule has 0 radical (unpaired) electrons. The Labute approximate surface area is 218 Å². The fourth-order valence-electron chi connectivity index (χ4n) is 5.66. The van der Waals surface area contributed by atoms with Gasteiger partial charge < -0.3 is 25.7 Å². The highest BCUT2D eigenvalue weighted by Gasteiger charge is 2.41. The Hall–Kier alpha value is -3.48. The molecule has 0 saturated heterocycles. The Kier molecular flexibility index (Phi) is 7.97. The summed E-state index contributed by atoms with van der Waals surface area (Å²) in [6.45, 7) is 1.88. The summed E-state index contributed by atoms with van der Waals surface area (Å²) < 4.78 is 5.94. The van der Waals surface area contributed by atoms with E-state index in [2.05, 4.69) is 20.9 Å². The summed E-state index contributed by atoms with van der Waals surface area (Å²) in [5, 5.41) is 10.5. The molecule has 1 aromatic heterocycles. The maximum atomic E-state index is 13.3. The van der Waals surface area contributed by atoms with Gasteiger partial charge in [0.05, 0.1) is 6.61 Å². The van der Waals surface area contributed by atoms with Crippen LogP contribution in [-0.2, 0) is 4.79 Å². The molecule has 0 bridgehead atoms. The molecule has 2 saturated carbocycles. The summed E-state index contributed by atoms with van der Waals surface area (Å²) in [6.07, 6.45) is 9.44. The van der Waals surface area contributed by atoms with Gasteiger partial charge in [-0.2, -0.15) is 0 Å². The lowest BCUT2D eigenvalue weighted by Crippen LogP contribution is -2.60. The van der Waals surface area contributed by atoms with E-state index in [1.807, 2.05) is 54.6 Å². The molecule has 0 atom stereocenters. The number of para-hydroxylation sites is 1. The van der Waals surface area contributed by atoms with Crippen LogP contribution in [0.15, 0.2) is 54.6 Å². The van der Waals surface area contributed by atoms with Crippen molar-refractivity contribution in [1.82, 2.24) is 15.6 Å². The van der Waals surface area contributed by atoms with Crippen molar-refractivity contribution >= 4 is 28.4 Å². The van der Waals surface area contributed by atoms with Crippen LogP contribution in [0.25, 0.3) is 10.9 Å². The first kappa shape index (κ1) is 25.2. The van der Waals surface area contributed by atoms with Crippen LogP contribution in [0.1, 0.15) is 68.3 Å². The molecule has 37 heavy (non-hydrogen) atoms. The molecule has 3 aromatic rings. The molecule has 7 heteroatoms. The van der Waals surface area contributed by atoms with Gasteiger partial charge in [-0.15, -0.1) is 0 Å². The van der Waals surface area contributed by atoms with Gasteiger partial charge in [-0.05, 0) is 68.0 Å². The third-order valence-electron chi connectivity index (χ3n) is 7.82. The van der Waals surface area contributed by atoms with Gasteiger partial charge in [-0.25, -0.2) is 0 Å². The zero-order chi connectivity index (χ0) is 25.5. The predicted octanol–water partition coefficient (Wildman–Crippen LogP) is 5.40. The van der Waals surface area contributed by atoms with E-state index in [4.69, 9.17) is 4.74 Å². The number of hydrogen-bond donors (Lipinski definition) is 4. The van der Waals surface area contributed by atoms with Gasteiger partial charge in [0, 0.05) is 29.7 Å². The molecule has 2 amide bonds. The fraction of sp³-hybridized carbons (Fsp3) is 0.467. The number of hydrogen-bond acceptors (Lipinski definition) is 4. The number of carbonyl (C=O) groups excluding carboxylic acids is 2. The van der Waals surface area contributed by atoms with E-state index in [0.29, 0.717) is 37.5 Å². The molecule has 196 valence electrons. The van der Waals surface area contributed by atoms with E-state index in [-0.39, 0.29) is 11.8 Å². The number of ether oxygens (including phenoxy) is 1. The third kappa shape index (κ3) is 6.27. The van der Waals surface area contributed by atoms with Crippen LogP contribution in [0.2, 0.25) is 0 Å². The van der Waals surface area contributed by atoms with Crippen LogP contribution in [0.4, 0.5) is 5.69 Å². The molecule has 4 N–H and O–H groups in total. The van der Waals surface area contributed by atoms with E-state index in [9.17, 15) is 9.59 Å². The molecule has 1 heterocycles. The molecular formula is C30H38N4O3. The highest BCUT2D eigenvalue weighted by Crippen LogP contribution is 2.29. The Bertz CT molecular complexity index is 1160. The number of amides is 2. The average Bonchev–Trinajstić information content (AvgIpc) is 3.61. The Morgan fingerprint density at radius 3 is 2.43 bits per heavy atom.